The normalized spacial score (nSPS) is 17.9. The number of aromatic amines is 1. The molecule has 1 atom stereocenters. The van der Waals surface area contributed by atoms with Crippen molar-refractivity contribution >= 4 is 41.3 Å². The topological polar surface area (TPSA) is 79.0 Å². The van der Waals surface area contributed by atoms with Crippen molar-refractivity contribution in [2.75, 3.05) is 37.9 Å². The Hall–Kier alpha value is -2.45. The van der Waals surface area contributed by atoms with Gasteiger partial charge in [0.2, 0.25) is 5.95 Å². The van der Waals surface area contributed by atoms with Gasteiger partial charge in [-0.25, -0.2) is 9.97 Å². The number of fused-ring (bicyclic) bond motifs is 2. The van der Waals surface area contributed by atoms with Crippen molar-refractivity contribution < 1.29 is 4.74 Å². The van der Waals surface area contributed by atoms with Crippen LogP contribution in [0.15, 0.2) is 41.2 Å². The number of rotatable bonds is 4. The van der Waals surface area contributed by atoms with Gasteiger partial charge in [-0.3, -0.25) is 0 Å². The first kappa shape index (κ1) is 18.9. The molecule has 2 N–H and O–H groups in total. The van der Waals surface area contributed by atoms with Crippen molar-refractivity contribution in [3.63, 3.8) is 0 Å². The Morgan fingerprint density at radius 1 is 1.29 bits per heavy atom. The highest BCUT2D eigenvalue weighted by Crippen LogP contribution is 2.35. The van der Waals surface area contributed by atoms with E-state index in [9.17, 15) is 0 Å². The second-order valence-electron chi connectivity index (χ2n) is 6.75. The van der Waals surface area contributed by atoms with Crippen LogP contribution >= 0.6 is 24.2 Å². The third-order valence-corrected chi connectivity index (χ3v) is 5.96. The molecule has 5 rings (SSSR count). The van der Waals surface area contributed by atoms with E-state index in [0.29, 0.717) is 11.6 Å². The van der Waals surface area contributed by atoms with Crippen LogP contribution in [0.3, 0.4) is 0 Å². The molecular formula is C19H21ClN6OS. The van der Waals surface area contributed by atoms with Crippen molar-refractivity contribution in [1.82, 2.24) is 25.3 Å². The lowest BCUT2D eigenvalue weighted by atomic mass is 10.1. The molecular weight excluding hydrogens is 396 g/mol. The van der Waals surface area contributed by atoms with E-state index in [4.69, 9.17) is 14.7 Å². The fourth-order valence-corrected chi connectivity index (χ4v) is 4.39. The molecule has 1 fully saturated rings. The Bertz CT molecular complexity index is 1050. The summed E-state index contributed by atoms with van der Waals surface area (Å²) in [6, 6.07) is 6.14. The molecule has 7 nitrogen and oxygen atoms in total. The minimum Gasteiger partial charge on any atom is -0.496 e. The van der Waals surface area contributed by atoms with Gasteiger partial charge in [-0.05, 0) is 36.2 Å². The summed E-state index contributed by atoms with van der Waals surface area (Å²) in [5.74, 6) is 2.16. The summed E-state index contributed by atoms with van der Waals surface area (Å²) >= 11 is 1.66. The van der Waals surface area contributed by atoms with Gasteiger partial charge >= 0.3 is 0 Å². The average molecular weight is 417 g/mol. The van der Waals surface area contributed by atoms with E-state index >= 15 is 0 Å². The number of hydrogen-bond donors (Lipinski definition) is 2. The van der Waals surface area contributed by atoms with Crippen LogP contribution in [0.25, 0.3) is 22.4 Å². The van der Waals surface area contributed by atoms with Gasteiger partial charge in [-0.1, -0.05) is 0 Å². The Balaban J connectivity index is 0.00000192. The Kier molecular flexibility index (Phi) is 5.07. The zero-order valence-corrected chi connectivity index (χ0v) is 17.2. The van der Waals surface area contributed by atoms with Gasteiger partial charge in [0.15, 0.2) is 5.65 Å². The zero-order chi connectivity index (χ0) is 18.4. The van der Waals surface area contributed by atoms with Crippen molar-refractivity contribution in [3.05, 3.63) is 36.3 Å². The first-order chi connectivity index (χ1) is 13.3. The number of hydrogen-bond acceptors (Lipinski definition) is 7. The number of nitrogens with zero attached hydrogens (tertiary/aromatic N) is 4. The first-order valence-electron chi connectivity index (χ1n) is 8.87. The van der Waals surface area contributed by atoms with Gasteiger partial charge in [0.1, 0.15) is 17.0 Å². The number of aromatic nitrogens is 4. The molecule has 2 aliphatic heterocycles. The van der Waals surface area contributed by atoms with E-state index in [1.54, 1.807) is 25.2 Å². The van der Waals surface area contributed by atoms with E-state index in [-0.39, 0.29) is 12.4 Å². The molecule has 0 spiro atoms. The van der Waals surface area contributed by atoms with Crippen LogP contribution in [-0.2, 0) is 0 Å². The van der Waals surface area contributed by atoms with Crippen LogP contribution in [-0.4, -0.2) is 52.9 Å². The second kappa shape index (κ2) is 7.52. The minimum absolute atomic E-state index is 0. The van der Waals surface area contributed by atoms with E-state index in [1.165, 1.54) is 5.57 Å². The van der Waals surface area contributed by atoms with Gasteiger partial charge in [0.05, 0.1) is 13.4 Å². The van der Waals surface area contributed by atoms with Crippen LogP contribution < -0.4 is 15.0 Å². The Morgan fingerprint density at radius 2 is 2.18 bits per heavy atom. The van der Waals surface area contributed by atoms with Crippen LogP contribution in [0, 0.1) is 5.92 Å². The summed E-state index contributed by atoms with van der Waals surface area (Å²) < 4.78 is 5.45. The summed E-state index contributed by atoms with van der Waals surface area (Å²) in [6.07, 6.45) is 5.85. The number of halogens is 1. The number of thioether (sulfide) groups is 1. The molecule has 1 saturated heterocycles. The second-order valence-corrected chi connectivity index (χ2v) is 7.60. The van der Waals surface area contributed by atoms with E-state index in [2.05, 4.69) is 32.5 Å². The number of methoxy groups -OCH3 is 1. The molecule has 28 heavy (non-hydrogen) atoms. The molecule has 0 saturated carbocycles. The summed E-state index contributed by atoms with van der Waals surface area (Å²) in [6.45, 7) is 2.80. The highest BCUT2D eigenvalue weighted by molar-refractivity contribution is 7.98. The highest BCUT2D eigenvalue weighted by Gasteiger charge is 2.32. The molecule has 0 radical (unpaired) electrons. The molecule has 3 aromatic rings. The number of imidazole rings is 1. The van der Waals surface area contributed by atoms with Gasteiger partial charge in [0, 0.05) is 36.0 Å². The molecule has 9 heteroatoms. The third-order valence-electron chi connectivity index (χ3n) is 5.20. The molecule has 4 heterocycles. The van der Waals surface area contributed by atoms with Crippen LogP contribution in [0.4, 0.5) is 5.95 Å². The van der Waals surface area contributed by atoms with Gasteiger partial charge < -0.3 is 19.9 Å². The Morgan fingerprint density at radius 3 is 2.96 bits per heavy atom. The summed E-state index contributed by atoms with van der Waals surface area (Å²) in [7, 11) is 1.69. The maximum atomic E-state index is 5.45. The standard InChI is InChI=1S/C19H20N6OS.ClH/c1-26-14-4-3-11(5-15(14)27-2)16-17-18(22-10-21-17)24-19(23-16)25-8-12-6-20-7-13(12)9-25;/h3-6,10,13,20H,7-9H2,1-2H3,(H,21,22,23,24);1H. The van der Waals surface area contributed by atoms with Crippen LogP contribution in [0.5, 0.6) is 5.75 Å². The average Bonchev–Trinajstić information content (AvgIpc) is 3.41. The predicted molar refractivity (Wildman–Crippen MR) is 114 cm³/mol. The zero-order valence-electron chi connectivity index (χ0n) is 15.6. The number of nitrogens with one attached hydrogen (secondary N) is 2. The van der Waals surface area contributed by atoms with Crippen LogP contribution in [0.2, 0.25) is 0 Å². The minimum atomic E-state index is 0. The lowest BCUT2D eigenvalue weighted by Gasteiger charge is -2.17. The number of ether oxygens (including phenoxy) is 1. The van der Waals surface area contributed by atoms with Gasteiger partial charge in [-0.15, -0.1) is 24.2 Å². The van der Waals surface area contributed by atoms with Gasteiger partial charge in [0.25, 0.3) is 0 Å². The van der Waals surface area contributed by atoms with E-state index in [0.717, 1.165) is 53.0 Å². The van der Waals surface area contributed by atoms with Crippen LogP contribution in [0.1, 0.15) is 0 Å². The first-order valence-corrected chi connectivity index (χ1v) is 10.1. The molecule has 2 aliphatic rings. The molecule has 0 amide bonds. The maximum Gasteiger partial charge on any atom is 0.228 e. The van der Waals surface area contributed by atoms with E-state index in [1.807, 2.05) is 18.4 Å². The molecule has 146 valence electrons. The smallest absolute Gasteiger partial charge is 0.228 e. The van der Waals surface area contributed by atoms with Crippen molar-refractivity contribution in [2.45, 2.75) is 4.90 Å². The summed E-state index contributed by atoms with van der Waals surface area (Å²) in [5, 5.41) is 3.32. The molecule has 1 aromatic carbocycles. The molecule has 0 bridgehead atoms. The summed E-state index contributed by atoms with van der Waals surface area (Å²) in [4.78, 5) is 20.5. The molecule has 0 aliphatic carbocycles. The number of H-pyrrole nitrogens is 1. The number of anilines is 1. The maximum absolute atomic E-state index is 5.45. The lowest BCUT2D eigenvalue weighted by Crippen LogP contribution is -2.25. The highest BCUT2D eigenvalue weighted by atomic mass is 35.5. The Labute approximate surface area is 173 Å². The fraction of sp³-hybridized carbons (Fsp3) is 0.316. The van der Waals surface area contributed by atoms with Crippen molar-refractivity contribution in [3.8, 4) is 17.0 Å². The fourth-order valence-electron chi connectivity index (χ4n) is 3.80. The lowest BCUT2D eigenvalue weighted by molar-refractivity contribution is 0.405. The predicted octanol–water partition coefficient (Wildman–Crippen LogP) is 3.10. The SMILES string of the molecule is COc1ccc(-c2nc(N3CC4=CNCC4C3)nc3nc[nH]c23)cc1SC.Cl. The summed E-state index contributed by atoms with van der Waals surface area (Å²) in [5.41, 5.74) is 4.88. The van der Waals surface area contributed by atoms with E-state index < -0.39 is 0 Å². The number of benzene rings is 1. The van der Waals surface area contributed by atoms with Crippen molar-refractivity contribution in [1.29, 1.82) is 0 Å². The largest absolute Gasteiger partial charge is 0.496 e. The molecule has 2 aromatic heterocycles. The monoisotopic (exact) mass is 416 g/mol. The molecule has 1 unspecified atom stereocenters. The quantitative estimate of drug-likeness (QED) is 0.632. The van der Waals surface area contributed by atoms with Crippen molar-refractivity contribution in [2.24, 2.45) is 5.92 Å². The third kappa shape index (κ3) is 3.06. The van der Waals surface area contributed by atoms with Gasteiger partial charge in [-0.2, -0.15) is 4.98 Å².